The first kappa shape index (κ1) is 11.8. The Kier molecular flexibility index (Phi) is 2.93. The van der Waals surface area contributed by atoms with E-state index in [1.54, 1.807) is 11.3 Å². The Morgan fingerprint density at radius 1 is 1.38 bits per heavy atom. The van der Waals surface area contributed by atoms with Gasteiger partial charge in [0.2, 0.25) is 5.28 Å². The monoisotopic (exact) mass is 254 g/mol. The highest BCUT2D eigenvalue weighted by atomic mass is 35.5. The summed E-state index contributed by atoms with van der Waals surface area (Å²) in [4.78, 5) is 8.73. The van der Waals surface area contributed by atoms with Crippen molar-refractivity contribution in [1.29, 1.82) is 0 Å². The van der Waals surface area contributed by atoms with E-state index in [0.717, 1.165) is 17.6 Å². The van der Waals surface area contributed by atoms with Gasteiger partial charge < -0.3 is 0 Å². The van der Waals surface area contributed by atoms with Crippen molar-refractivity contribution >= 4 is 33.2 Å². The van der Waals surface area contributed by atoms with Gasteiger partial charge in [-0.15, -0.1) is 11.3 Å². The van der Waals surface area contributed by atoms with E-state index in [4.69, 9.17) is 11.6 Å². The van der Waals surface area contributed by atoms with Gasteiger partial charge >= 0.3 is 0 Å². The van der Waals surface area contributed by atoms with Gasteiger partial charge in [0.25, 0.3) is 0 Å². The smallest absolute Gasteiger partial charge is 0.221 e. The zero-order valence-corrected chi connectivity index (χ0v) is 11.5. The zero-order chi connectivity index (χ0) is 11.9. The lowest BCUT2D eigenvalue weighted by molar-refractivity contribution is 0.495. The minimum Gasteiger partial charge on any atom is -0.221 e. The molecule has 4 heteroatoms. The van der Waals surface area contributed by atoms with Crippen LogP contribution in [0.4, 0.5) is 0 Å². The highest BCUT2D eigenvalue weighted by Gasteiger charge is 2.25. The van der Waals surface area contributed by atoms with E-state index in [1.165, 1.54) is 10.3 Å². The number of hydrogen-bond donors (Lipinski definition) is 0. The molecule has 2 nitrogen and oxygen atoms in total. The lowest BCUT2D eigenvalue weighted by Crippen LogP contribution is -2.18. The van der Waals surface area contributed by atoms with Gasteiger partial charge in [0.15, 0.2) is 0 Å². The normalized spacial score (nSPS) is 12.3. The van der Waals surface area contributed by atoms with Gasteiger partial charge in [0.05, 0.1) is 15.9 Å². The molecule has 0 saturated heterocycles. The Hall–Kier alpha value is -0.670. The molecule has 16 heavy (non-hydrogen) atoms. The summed E-state index contributed by atoms with van der Waals surface area (Å²) in [5.41, 5.74) is 3.30. The second kappa shape index (κ2) is 3.97. The molecule has 0 atom stereocenters. The van der Waals surface area contributed by atoms with E-state index in [2.05, 4.69) is 43.0 Å². The molecule has 86 valence electrons. The summed E-state index contributed by atoms with van der Waals surface area (Å²) < 4.78 is 1.17. The minimum absolute atomic E-state index is 0.0438. The standard InChI is InChI=1S/C12H15ClN2S/c1-5-12(3,4)10-9-8(7(2)6-16-9)14-11(13)15-10/h6H,5H2,1-4H3. The van der Waals surface area contributed by atoms with Crippen molar-refractivity contribution in [2.45, 2.75) is 39.5 Å². The van der Waals surface area contributed by atoms with Crippen LogP contribution >= 0.6 is 22.9 Å². The average molecular weight is 255 g/mol. The maximum atomic E-state index is 6.00. The Bertz CT molecular complexity index is 531. The fourth-order valence-corrected chi connectivity index (χ4v) is 2.96. The first-order valence-corrected chi connectivity index (χ1v) is 6.63. The number of rotatable bonds is 2. The maximum Gasteiger partial charge on any atom is 0.223 e. The van der Waals surface area contributed by atoms with Crippen LogP contribution in [0.1, 0.15) is 38.4 Å². The minimum atomic E-state index is 0.0438. The van der Waals surface area contributed by atoms with Crippen molar-refractivity contribution in [2.24, 2.45) is 0 Å². The topological polar surface area (TPSA) is 25.8 Å². The lowest BCUT2D eigenvalue weighted by atomic mass is 9.86. The van der Waals surface area contributed by atoms with Gasteiger partial charge in [-0.05, 0) is 35.9 Å². The first-order chi connectivity index (χ1) is 7.45. The number of nitrogens with zero attached hydrogens (tertiary/aromatic N) is 2. The number of thiophene rings is 1. The molecule has 0 aromatic carbocycles. The third-order valence-corrected chi connectivity index (χ3v) is 4.35. The largest absolute Gasteiger partial charge is 0.223 e. The van der Waals surface area contributed by atoms with E-state index in [-0.39, 0.29) is 5.41 Å². The number of aryl methyl sites for hydroxylation is 1. The number of hydrogen-bond acceptors (Lipinski definition) is 3. The average Bonchev–Trinajstić information content (AvgIpc) is 2.59. The number of halogens is 1. The van der Waals surface area contributed by atoms with Gasteiger partial charge in [0.1, 0.15) is 0 Å². The molecule has 0 fully saturated rings. The molecular formula is C12H15ClN2S. The van der Waals surface area contributed by atoms with Gasteiger partial charge in [-0.2, -0.15) is 0 Å². The van der Waals surface area contributed by atoms with Crippen LogP contribution in [0.2, 0.25) is 5.28 Å². The summed E-state index contributed by atoms with van der Waals surface area (Å²) in [6, 6.07) is 0. The van der Waals surface area contributed by atoms with E-state index >= 15 is 0 Å². The quantitative estimate of drug-likeness (QED) is 0.745. The molecule has 0 N–H and O–H groups in total. The zero-order valence-electron chi connectivity index (χ0n) is 9.97. The Morgan fingerprint density at radius 3 is 2.69 bits per heavy atom. The molecule has 2 aromatic rings. The van der Waals surface area contributed by atoms with Crippen LogP contribution in [0, 0.1) is 6.92 Å². The predicted octanol–water partition coefficient (Wildman–Crippen LogP) is 4.34. The first-order valence-electron chi connectivity index (χ1n) is 5.37. The van der Waals surface area contributed by atoms with Crippen molar-refractivity contribution in [3.63, 3.8) is 0 Å². The summed E-state index contributed by atoms with van der Waals surface area (Å²) in [7, 11) is 0. The molecule has 0 unspecified atom stereocenters. The van der Waals surface area contributed by atoms with Crippen LogP contribution in [0.5, 0.6) is 0 Å². The van der Waals surface area contributed by atoms with Crippen molar-refractivity contribution in [1.82, 2.24) is 9.97 Å². The van der Waals surface area contributed by atoms with Crippen LogP contribution in [0.3, 0.4) is 0 Å². The second-order valence-corrected chi connectivity index (χ2v) is 5.89. The van der Waals surface area contributed by atoms with Crippen molar-refractivity contribution in [3.8, 4) is 0 Å². The molecule has 0 radical (unpaired) electrons. The van der Waals surface area contributed by atoms with Crippen LogP contribution in [0.25, 0.3) is 10.2 Å². The Balaban J connectivity index is 2.78. The van der Waals surface area contributed by atoms with Gasteiger partial charge in [-0.3, -0.25) is 0 Å². The summed E-state index contributed by atoms with van der Waals surface area (Å²) in [6.45, 7) is 8.62. The summed E-state index contributed by atoms with van der Waals surface area (Å²) in [5.74, 6) is 0. The molecule has 2 aromatic heterocycles. The molecule has 2 heterocycles. The summed E-state index contributed by atoms with van der Waals surface area (Å²) >= 11 is 7.71. The Morgan fingerprint density at radius 2 is 2.06 bits per heavy atom. The van der Waals surface area contributed by atoms with E-state index in [9.17, 15) is 0 Å². The number of fused-ring (bicyclic) bond motifs is 1. The van der Waals surface area contributed by atoms with E-state index in [0.29, 0.717) is 5.28 Å². The molecule has 2 rings (SSSR count). The van der Waals surface area contributed by atoms with Crippen LogP contribution in [0.15, 0.2) is 5.38 Å². The van der Waals surface area contributed by atoms with E-state index in [1.807, 2.05) is 0 Å². The van der Waals surface area contributed by atoms with Crippen molar-refractivity contribution < 1.29 is 0 Å². The summed E-state index contributed by atoms with van der Waals surface area (Å²) in [5, 5.41) is 2.47. The highest BCUT2D eigenvalue weighted by Crippen LogP contribution is 2.35. The molecule has 0 spiro atoms. The predicted molar refractivity (Wildman–Crippen MR) is 70.5 cm³/mol. The SMILES string of the molecule is CCC(C)(C)c1nc(Cl)nc2c(C)csc12. The molecule has 0 saturated carbocycles. The second-order valence-electron chi connectivity index (χ2n) is 4.68. The maximum absolute atomic E-state index is 6.00. The number of aromatic nitrogens is 2. The summed E-state index contributed by atoms with van der Waals surface area (Å²) in [6.07, 6.45) is 1.03. The molecule has 0 aliphatic rings. The van der Waals surface area contributed by atoms with Crippen LogP contribution in [-0.2, 0) is 5.41 Å². The third-order valence-electron chi connectivity index (χ3n) is 3.09. The van der Waals surface area contributed by atoms with Gasteiger partial charge in [0, 0.05) is 5.41 Å². The fraction of sp³-hybridized carbons (Fsp3) is 0.500. The fourth-order valence-electron chi connectivity index (χ4n) is 1.63. The molecular weight excluding hydrogens is 240 g/mol. The van der Waals surface area contributed by atoms with Crippen molar-refractivity contribution in [3.05, 3.63) is 21.9 Å². The molecule has 0 bridgehead atoms. The highest BCUT2D eigenvalue weighted by molar-refractivity contribution is 7.17. The van der Waals surface area contributed by atoms with Crippen molar-refractivity contribution in [2.75, 3.05) is 0 Å². The lowest BCUT2D eigenvalue weighted by Gasteiger charge is -2.22. The van der Waals surface area contributed by atoms with E-state index < -0.39 is 0 Å². The van der Waals surface area contributed by atoms with Gasteiger partial charge in [-0.1, -0.05) is 20.8 Å². The van der Waals surface area contributed by atoms with Gasteiger partial charge in [-0.25, -0.2) is 9.97 Å². The molecule has 0 aliphatic heterocycles. The van der Waals surface area contributed by atoms with Crippen LogP contribution < -0.4 is 0 Å². The molecule has 0 aliphatic carbocycles. The van der Waals surface area contributed by atoms with Crippen LogP contribution in [-0.4, -0.2) is 9.97 Å². The molecule has 0 amide bonds. The Labute approximate surface area is 105 Å². The third kappa shape index (κ3) is 1.82.